The van der Waals surface area contributed by atoms with Crippen LogP contribution in [-0.2, 0) is 4.79 Å². The lowest BCUT2D eigenvalue weighted by Gasteiger charge is -1.99. The van der Waals surface area contributed by atoms with Gasteiger partial charge in [0.15, 0.2) is 0 Å². The molecule has 0 unspecified atom stereocenters. The van der Waals surface area contributed by atoms with E-state index >= 15 is 0 Å². The first kappa shape index (κ1) is 15.3. The molecule has 1 aliphatic rings. The number of amides is 1. The van der Waals surface area contributed by atoms with Crippen LogP contribution >= 0.6 is 0 Å². The number of benzene rings is 1. The molecular formula is C19H17N5O. The monoisotopic (exact) mass is 331 g/mol. The van der Waals surface area contributed by atoms with Gasteiger partial charge in [0.2, 0.25) is 5.91 Å². The van der Waals surface area contributed by atoms with Crippen LogP contribution in [0.1, 0.15) is 18.4 Å². The van der Waals surface area contributed by atoms with Crippen LogP contribution in [0.3, 0.4) is 0 Å². The number of nitrogens with one attached hydrogen (secondary N) is 1. The highest BCUT2D eigenvalue weighted by Gasteiger charge is 2.29. The average molecular weight is 331 g/mol. The molecule has 0 radical (unpaired) electrons. The number of para-hydroxylation sites is 1. The zero-order chi connectivity index (χ0) is 17.1. The minimum atomic E-state index is -0.0189. The number of hydrazone groups is 1. The van der Waals surface area contributed by atoms with E-state index in [1.54, 1.807) is 23.3 Å². The fourth-order valence-corrected chi connectivity index (χ4v) is 2.52. The molecule has 1 aromatic carbocycles. The first-order valence-corrected chi connectivity index (χ1v) is 8.19. The predicted molar refractivity (Wildman–Crippen MR) is 95.3 cm³/mol. The molecule has 6 nitrogen and oxygen atoms in total. The van der Waals surface area contributed by atoms with Gasteiger partial charge in [-0.05, 0) is 37.1 Å². The summed E-state index contributed by atoms with van der Waals surface area (Å²) in [6, 6.07) is 13.7. The SMILES string of the molecule is O=C(N/N=C/c1cn(-c2ccccc2)nc1-c1cccnc1)C1CC1. The number of carbonyl (C=O) groups is 1. The quantitative estimate of drug-likeness (QED) is 0.577. The second-order valence-corrected chi connectivity index (χ2v) is 5.96. The lowest BCUT2D eigenvalue weighted by Crippen LogP contribution is -2.18. The van der Waals surface area contributed by atoms with Gasteiger partial charge in [-0.1, -0.05) is 18.2 Å². The molecule has 6 heteroatoms. The molecule has 0 bridgehead atoms. The highest BCUT2D eigenvalue weighted by molar-refractivity contribution is 5.90. The Morgan fingerprint density at radius 1 is 1.20 bits per heavy atom. The fourth-order valence-electron chi connectivity index (χ4n) is 2.52. The molecule has 124 valence electrons. The van der Waals surface area contributed by atoms with E-state index in [-0.39, 0.29) is 11.8 Å². The van der Waals surface area contributed by atoms with Crippen LogP contribution in [0.25, 0.3) is 16.9 Å². The van der Waals surface area contributed by atoms with Crippen LogP contribution < -0.4 is 5.43 Å². The molecule has 1 aliphatic carbocycles. The number of hydrogen-bond donors (Lipinski definition) is 1. The minimum absolute atomic E-state index is 0.0189. The molecule has 3 aromatic rings. The van der Waals surface area contributed by atoms with Crippen molar-refractivity contribution in [3.8, 4) is 16.9 Å². The molecule has 4 rings (SSSR count). The fraction of sp³-hybridized carbons (Fsp3) is 0.158. The van der Waals surface area contributed by atoms with E-state index in [0.29, 0.717) is 0 Å². The van der Waals surface area contributed by atoms with Crippen molar-refractivity contribution in [1.82, 2.24) is 20.2 Å². The Kier molecular flexibility index (Phi) is 4.08. The molecule has 1 amide bonds. The van der Waals surface area contributed by atoms with Crippen molar-refractivity contribution in [2.24, 2.45) is 11.0 Å². The average Bonchev–Trinajstić information content (AvgIpc) is 3.43. The number of rotatable bonds is 5. The maximum atomic E-state index is 11.7. The maximum absolute atomic E-state index is 11.7. The molecule has 0 saturated heterocycles. The number of nitrogens with zero attached hydrogens (tertiary/aromatic N) is 4. The summed E-state index contributed by atoms with van der Waals surface area (Å²) in [5.74, 6) is 0.108. The summed E-state index contributed by atoms with van der Waals surface area (Å²) in [6.07, 6.45) is 8.92. The molecule has 0 spiro atoms. The second kappa shape index (κ2) is 6.68. The van der Waals surface area contributed by atoms with Gasteiger partial charge in [-0.2, -0.15) is 10.2 Å². The van der Waals surface area contributed by atoms with Crippen molar-refractivity contribution in [2.75, 3.05) is 0 Å². The van der Waals surface area contributed by atoms with Gasteiger partial charge in [0, 0.05) is 35.6 Å². The Bertz CT molecular complexity index is 898. The van der Waals surface area contributed by atoms with Crippen LogP contribution in [0, 0.1) is 5.92 Å². The third-order valence-corrected chi connectivity index (χ3v) is 4.02. The van der Waals surface area contributed by atoms with Crippen molar-refractivity contribution in [2.45, 2.75) is 12.8 Å². The highest BCUT2D eigenvalue weighted by Crippen LogP contribution is 2.28. The van der Waals surface area contributed by atoms with E-state index in [4.69, 9.17) is 0 Å². The van der Waals surface area contributed by atoms with Gasteiger partial charge in [0.1, 0.15) is 5.69 Å². The zero-order valence-corrected chi connectivity index (χ0v) is 13.5. The Labute approximate surface area is 145 Å². The summed E-state index contributed by atoms with van der Waals surface area (Å²) in [4.78, 5) is 15.9. The Balaban J connectivity index is 1.66. The molecule has 2 aromatic heterocycles. The van der Waals surface area contributed by atoms with Gasteiger partial charge in [-0.3, -0.25) is 9.78 Å². The maximum Gasteiger partial charge on any atom is 0.243 e. The summed E-state index contributed by atoms with van der Waals surface area (Å²) >= 11 is 0. The van der Waals surface area contributed by atoms with E-state index in [0.717, 1.165) is 35.3 Å². The molecule has 25 heavy (non-hydrogen) atoms. The third kappa shape index (κ3) is 3.47. The van der Waals surface area contributed by atoms with Crippen LogP contribution in [0.4, 0.5) is 0 Å². The number of carbonyl (C=O) groups excluding carboxylic acids is 1. The zero-order valence-electron chi connectivity index (χ0n) is 13.5. The topological polar surface area (TPSA) is 72.2 Å². The van der Waals surface area contributed by atoms with Gasteiger partial charge in [-0.25, -0.2) is 10.1 Å². The van der Waals surface area contributed by atoms with Gasteiger partial charge in [-0.15, -0.1) is 0 Å². The van der Waals surface area contributed by atoms with E-state index in [9.17, 15) is 4.79 Å². The number of aromatic nitrogens is 3. The first-order valence-electron chi connectivity index (χ1n) is 8.19. The summed E-state index contributed by atoms with van der Waals surface area (Å²) in [5.41, 5.74) is 6.03. The van der Waals surface area contributed by atoms with Crippen LogP contribution in [0.2, 0.25) is 0 Å². The summed E-state index contributed by atoms with van der Waals surface area (Å²) in [6.45, 7) is 0. The van der Waals surface area contributed by atoms with Gasteiger partial charge in [0.05, 0.1) is 11.9 Å². The van der Waals surface area contributed by atoms with Crippen molar-refractivity contribution >= 4 is 12.1 Å². The van der Waals surface area contributed by atoms with Crippen LogP contribution in [0.5, 0.6) is 0 Å². The van der Waals surface area contributed by atoms with E-state index in [1.165, 1.54) is 0 Å². The van der Waals surface area contributed by atoms with E-state index in [1.807, 2.05) is 48.7 Å². The number of hydrogen-bond acceptors (Lipinski definition) is 4. The standard InChI is InChI=1S/C19H17N5O/c25-19(14-8-9-14)22-21-12-16-13-24(17-6-2-1-3-7-17)23-18(16)15-5-4-10-20-11-15/h1-7,10-14H,8-9H2,(H,22,25)/b21-12+. The van der Waals surface area contributed by atoms with Crippen LogP contribution in [0.15, 0.2) is 66.2 Å². The van der Waals surface area contributed by atoms with Crippen molar-refractivity contribution < 1.29 is 4.79 Å². The normalized spacial score (nSPS) is 13.9. The minimum Gasteiger partial charge on any atom is -0.273 e. The predicted octanol–water partition coefficient (Wildman–Crippen LogP) is 2.79. The van der Waals surface area contributed by atoms with Crippen LogP contribution in [-0.4, -0.2) is 26.9 Å². The molecule has 1 fully saturated rings. The summed E-state index contributed by atoms with van der Waals surface area (Å²) in [7, 11) is 0. The molecule has 1 saturated carbocycles. The van der Waals surface area contributed by atoms with E-state index < -0.39 is 0 Å². The Hall–Kier alpha value is -3.28. The smallest absolute Gasteiger partial charge is 0.243 e. The van der Waals surface area contributed by atoms with E-state index in [2.05, 4.69) is 20.6 Å². The van der Waals surface area contributed by atoms with Gasteiger partial charge < -0.3 is 0 Å². The van der Waals surface area contributed by atoms with Crippen molar-refractivity contribution in [1.29, 1.82) is 0 Å². The lowest BCUT2D eigenvalue weighted by molar-refractivity contribution is -0.122. The molecule has 2 heterocycles. The van der Waals surface area contributed by atoms with Crippen molar-refractivity contribution in [3.63, 3.8) is 0 Å². The summed E-state index contributed by atoms with van der Waals surface area (Å²) < 4.78 is 1.80. The molecule has 0 aliphatic heterocycles. The lowest BCUT2D eigenvalue weighted by atomic mass is 10.1. The first-order chi connectivity index (χ1) is 12.3. The Morgan fingerprint density at radius 3 is 2.76 bits per heavy atom. The largest absolute Gasteiger partial charge is 0.273 e. The third-order valence-electron chi connectivity index (χ3n) is 4.02. The van der Waals surface area contributed by atoms with Crippen molar-refractivity contribution in [3.05, 3.63) is 66.6 Å². The molecular weight excluding hydrogens is 314 g/mol. The number of pyridine rings is 1. The molecule has 0 atom stereocenters. The summed E-state index contributed by atoms with van der Waals surface area (Å²) in [5, 5.41) is 8.77. The Morgan fingerprint density at radius 2 is 2.04 bits per heavy atom. The van der Waals surface area contributed by atoms with Gasteiger partial charge >= 0.3 is 0 Å². The second-order valence-electron chi connectivity index (χ2n) is 5.96. The molecule has 1 N–H and O–H groups in total. The highest BCUT2D eigenvalue weighted by atomic mass is 16.2. The van der Waals surface area contributed by atoms with Gasteiger partial charge in [0.25, 0.3) is 0 Å².